The Labute approximate surface area is 154 Å². The van der Waals surface area contributed by atoms with Gasteiger partial charge in [-0.25, -0.2) is 0 Å². The molecule has 7 nitrogen and oxygen atoms in total. The molecule has 1 fully saturated rings. The molecule has 2 aromatic heterocycles. The van der Waals surface area contributed by atoms with E-state index < -0.39 is 0 Å². The van der Waals surface area contributed by atoms with Crippen molar-refractivity contribution in [3.8, 4) is 0 Å². The van der Waals surface area contributed by atoms with Crippen molar-refractivity contribution in [2.45, 2.75) is 51.2 Å². The minimum absolute atomic E-state index is 0.167. The van der Waals surface area contributed by atoms with Crippen molar-refractivity contribution in [3.05, 3.63) is 35.9 Å². The van der Waals surface area contributed by atoms with Gasteiger partial charge in [0, 0.05) is 38.6 Å². The van der Waals surface area contributed by atoms with Gasteiger partial charge in [0.2, 0.25) is 5.91 Å². The van der Waals surface area contributed by atoms with E-state index in [4.69, 9.17) is 0 Å². The highest BCUT2D eigenvalue weighted by Gasteiger charge is 2.30. The number of amides is 1. The van der Waals surface area contributed by atoms with Gasteiger partial charge in [-0.05, 0) is 44.5 Å². The van der Waals surface area contributed by atoms with Gasteiger partial charge in [0.15, 0.2) is 0 Å². The Kier molecular flexibility index (Phi) is 5.06. The zero-order valence-corrected chi connectivity index (χ0v) is 15.5. The Bertz CT molecular complexity index is 745. The molecule has 4 heterocycles. The van der Waals surface area contributed by atoms with E-state index in [0.717, 1.165) is 44.0 Å². The number of carbonyl (C=O) groups excluding carboxylic acids is 1. The second-order valence-electron chi connectivity index (χ2n) is 7.53. The van der Waals surface area contributed by atoms with Crippen molar-refractivity contribution < 1.29 is 4.79 Å². The molecular weight excluding hydrogens is 328 g/mol. The van der Waals surface area contributed by atoms with E-state index in [1.54, 1.807) is 4.68 Å². The summed E-state index contributed by atoms with van der Waals surface area (Å²) < 4.78 is 3.81. The highest BCUT2D eigenvalue weighted by Crippen LogP contribution is 2.21. The molecule has 2 aliphatic heterocycles. The third-order valence-corrected chi connectivity index (χ3v) is 5.59. The number of rotatable bonds is 4. The molecule has 1 saturated heterocycles. The normalized spacial score (nSPS) is 21.4. The molecule has 0 N–H and O–H groups in total. The highest BCUT2D eigenvalue weighted by molar-refractivity contribution is 5.78. The summed E-state index contributed by atoms with van der Waals surface area (Å²) in [5.74, 6) is 0.167. The number of nitrogens with zero attached hydrogens (tertiary/aromatic N) is 6. The molecule has 2 aromatic rings. The summed E-state index contributed by atoms with van der Waals surface area (Å²) in [6.45, 7) is 4.81. The standard InChI is InChI=1S/C19H28N6O/c1-22-11-6-16(21-22)13-19(26)24-15-18-5-8-20-25(18)12-7-17(24)14-23-9-3-2-4-10-23/h5-6,8,11,17H,2-4,7,9-10,12-15H2,1H3/t17-/m1/s1. The number of carbonyl (C=O) groups is 1. The fourth-order valence-electron chi connectivity index (χ4n) is 4.16. The summed E-state index contributed by atoms with van der Waals surface area (Å²) in [4.78, 5) is 17.7. The number of aryl methyl sites for hydroxylation is 2. The lowest BCUT2D eigenvalue weighted by atomic mass is 10.1. The SMILES string of the molecule is Cn1ccc(CC(=O)N2Cc3ccnn3CC[C@@H]2CN2CCCCC2)n1. The van der Waals surface area contributed by atoms with E-state index >= 15 is 0 Å². The minimum Gasteiger partial charge on any atom is -0.332 e. The molecule has 0 aliphatic carbocycles. The first kappa shape index (κ1) is 17.3. The van der Waals surface area contributed by atoms with Gasteiger partial charge in [-0.1, -0.05) is 6.42 Å². The fourth-order valence-corrected chi connectivity index (χ4v) is 4.16. The average Bonchev–Trinajstić information content (AvgIpc) is 3.22. The zero-order chi connectivity index (χ0) is 17.9. The molecular formula is C19H28N6O. The third kappa shape index (κ3) is 3.82. The lowest BCUT2D eigenvalue weighted by molar-refractivity contribution is -0.134. The number of fused-ring (bicyclic) bond motifs is 1. The second kappa shape index (κ2) is 7.61. The number of hydrogen-bond acceptors (Lipinski definition) is 4. The summed E-state index contributed by atoms with van der Waals surface area (Å²) in [5.41, 5.74) is 1.97. The van der Waals surface area contributed by atoms with Gasteiger partial charge in [-0.3, -0.25) is 14.2 Å². The lowest BCUT2D eigenvalue weighted by Crippen LogP contribution is -2.47. The van der Waals surface area contributed by atoms with Gasteiger partial charge in [0.05, 0.1) is 24.4 Å². The Hall–Kier alpha value is -2.15. The largest absolute Gasteiger partial charge is 0.332 e. The van der Waals surface area contributed by atoms with Crippen LogP contribution in [0.1, 0.15) is 37.1 Å². The number of likely N-dealkylation sites (tertiary alicyclic amines) is 1. The van der Waals surface area contributed by atoms with Gasteiger partial charge < -0.3 is 9.80 Å². The third-order valence-electron chi connectivity index (χ3n) is 5.59. The fraction of sp³-hybridized carbons (Fsp3) is 0.632. The van der Waals surface area contributed by atoms with E-state index in [-0.39, 0.29) is 11.9 Å². The van der Waals surface area contributed by atoms with Crippen molar-refractivity contribution in [2.24, 2.45) is 7.05 Å². The maximum atomic E-state index is 13.1. The van der Waals surface area contributed by atoms with Crippen LogP contribution in [0.4, 0.5) is 0 Å². The smallest absolute Gasteiger partial charge is 0.229 e. The highest BCUT2D eigenvalue weighted by atomic mass is 16.2. The van der Waals surface area contributed by atoms with Crippen molar-refractivity contribution in [2.75, 3.05) is 19.6 Å². The average molecular weight is 356 g/mol. The maximum absolute atomic E-state index is 13.1. The quantitative estimate of drug-likeness (QED) is 0.832. The Balaban J connectivity index is 1.51. The van der Waals surface area contributed by atoms with E-state index in [1.807, 2.05) is 31.6 Å². The molecule has 0 unspecified atom stereocenters. The molecule has 0 spiro atoms. The van der Waals surface area contributed by atoms with Gasteiger partial charge in [-0.2, -0.15) is 10.2 Å². The second-order valence-corrected chi connectivity index (χ2v) is 7.53. The van der Waals surface area contributed by atoms with Crippen LogP contribution in [0, 0.1) is 0 Å². The predicted octanol–water partition coefficient (Wildman–Crippen LogP) is 1.45. The summed E-state index contributed by atoms with van der Waals surface area (Å²) in [6, 6.07) is 4.20. The molecule has 140 valence electrons. The van der Waals surface area contributed by atoms with Gasteiger partial charge >= 0.3 is 0 Å². The summed E-state index contributed by atoms with van der Waals surface area (Å²) in [5, 5.41) is 8.81. The minimum atomic E-state index is 0.167. The molecule has 1 atom stereocenters. The first-order valence-electron chi connectivity index (χ1n) is 9.70. The summed E-state index contributed by atoms with van der Waals surface area (Å²) >= 11 is 0. The van der Waals surface area contributed by atoms with Crippen LogP contribution in [0.3, 0.4) is 0 Å². The first-order valence-corrected chi connectivity index (χ1v) is 9.70. The molecule has 7 heteroatoms. The molecule has 0 saturated carbocycles. The van der Waals surface area contributed by atoms with Crippen LogP contribution in [0.5, 0.6) is 0 Å². The summed E-state index contributed by atoms with van der Waals surface area (Å²) in [6.07, 6.45) is 8.93. The van der Waals surface area contributed by atoms with E-state index in [9.17, 15) is 4.79 Å². The zero-order valence-electron chi connectivity index (χ0n) is 15.5. The topological polar surface area (TPSA) is 59.2 Å². The Morgan fingerprint density at radius 1 is 1.19 bits per heavy atom. The van der Waals surface area contributed by atoms with E-state index in [2.05, 4.69) is 24.7 Å². The monoisotopic (exact) mass is 356 g/mol. The van der Waals surface area contributed by atoms with Crippen molar-refractivity contribution in [3.63, 3.8) is 0 Å². The van der Waals surface area contributed by atoms with Crippen LogP contribution in [-0.4, -0.2) is 60.9 Å². The predicted molar refractivity (Wildman–Crippen MR) is 98.4 cm³/mol. The van der Waals surface area contributed by atoms with Crippen LogP contribution < -0.4 is 0 Å². The molecule has 2 aliphatic rings. The number of aromatic nitrogens is 4. The van der Waals surface area contributed by atoms with E-state index in [1.165, 1.54) is 19.3 Å². The molecule has 0 radical (unpaired) electrons. The maximum Gasteiger partial charge on any atom is 0.229 e. The van der Waals surface area contributed by atoms with Crippen molar-refractivity contribution >= 4 is 5.91 Å². The molecule has 0 aromatic carbocycles. The number of hydrogen-bond donors (Lipinski definition) is 0. The van der Waals surface area contributed by atoms with Gasteiger partial charge in [0.25, 0.3) is 0 Å². The Morgan fingerprint density at radius 3 is 2.81 bits per heavy atom. The van der Waals surface area contributed by atoms with E-state index in [0.29, 0.717) is 13.0 Å². The Morgan fingerprint density at radius 2 is 2.04 bits per heavy atom. The van der Waals surface area contributed by atoms with Crippen molar-refractivity contribution in [1.29, 1.82) is 0 Å². The summed E-state index contributed by atoms with van der Waals surface area (Å²) in [7, 11) is 1.89. The van der Waals surface area contributed by atoms with Crippen LogP contribution in [0.15, 0.2) is 24.5 Å². The lowest BCUT2D eigenvalue weighted by Gasteiger charge is -2.35. The first-order chi connectivity index (χ1) is 12.7. The van der Waals surface area contributed by atoms with Gasteiger partial charge in [-0.15, -0.1) is 0 Å². The number of piperidine rings is 1. The molecule has 26 heavy (non-hydrogen) atoms. The van der Waals surface area contributed by atoms with Crippen LogP contribution in [0.2, 0.25) is 0 Å². The molecule has 1 amide bonds. The van der Waals surface area contributed by atoms with Crippen LogP contribution in [0.25, 0.3) is 0 Å². The molecule has 4 rings (SSSR count). The van der Waals surface area contributed by atoms with Crippen LogP contribution >= 0.6 is 0 Å². The van der Waals surface area contributed by atoms with Gasteiger partial charge in [0.1, 0.15) is 0 Å². The van der Waals surface area contributed by atoms with Crippen LogP contribution in [-0.2, 0) is 31.4 Å². The van der Waals surface area contributed by atoms with Crippen molar-refractivity contribution in [1.82, 2.24) is 29.4 Å². The molecule has 0 bridgehead atoms.